The van der Waals surface area contributed by atoms with Crippen LogP contribution < -0.4 is 0 Å². The van der Waals surface area contributed by atoms with Gasteiger partial charge in [0.05, 0.1) is 0 Å². The molecule has 0 bridgehead atoms. The molecule has 0 radical (unpaired) electrons. The van der Waals surface area contributed by atoms with Crippen molar-refractivity contribution in [2.75, 3.05) is 13.2 Å². The second kappa shape index (κ2) is 17.5. The lowest BCUT2D eigenvalue weighted by molar-refractivity contribution is -0.305. The van der Waals surface area contributed by atoms with E-state index in [1.54, 1.807) is 0 Å². The van der Waals surface area contributed by atoms with E-state index in [0.717, 1.165) is 82.8 Å². The molecule has 3 aliphatic rings. The van der Waals surface area contributed by atoms with E-state index in [-0.39, 0.29) is 18.9 Å². The number of ether oxygens (including phenoxy) is 4. The van der Waals surface area contributed by atoms with Crippen molar-refractivity contribution in [3.63, 3.8) is 0 Å². The van der Waals surface area contributed by atoms with Crippen molar-refractivity contribution in [1.29, 1.82) is 0 Å². The summed E-state index contributed by atoms with van der Waals surface area (Å²) in [5, 5.41) is 0. The van der Waals surface area contributed by atoms with Crippen molar-refractivity contribution in [3.8, 4) is 0 Å². The fourth-order valence-electron chi connectivity index (χ4n) is 5.32. The van der Waals surface area contributed by atoms with Gasteiger partial charge >= 0.3 is 0 Å². The van der Waals surface area contributed by atoms with Crippen molar-refractivity contribution in [3.05, 3.63) is 30.0 Å². The van der Waals surface area contributed by atoms with Crippen LogP contribution in [0.3, 0.4) is 0 Å². The minimum atomic E-state index is -0.272. The minimum absolute atomic E-state index is 0.138. The Morgan fingerprint density at radius 1 is 0.824 bits per heavy atom. The molecule has 2 heterocycles. The molecule has 194 valence electrons. The highest BCUT2D eigenvalue weighted by Crippen LogP contribution is 2.35. The lowest BCUT2D eigenvalue weighted by atomic mass is 9.92. The highest BCUT2D eigenvalue weighted by molar-refractivity contribution is 4.98. The van der Waals surface area contributed by atoms with Crippen molar-refractivity contribution in [2.24, 2.45) is 11.8 Å². The van der Waals surface area contributed by atoms with E-state index in [9.17, 15) is 0 Å². The highest BCUT2D eigenvalue weighted by Gasteiger charge is 2.25. The van der Waals surface area contributed by atoms with Crippen LogP contribution in [0.4, 0.5) is 0 Å². The quantitative estimate of drug-likeness (QED) is 0.104. The first kappa shape index (κ1) is 27.7. The molecule has 0 aromatic carbocycles. The normalized spacial score (nSPS) is 28.6. The number of allylic oxidation sites excluding steroid dienone is 3. The first-order valence-corrected chi connectivity index (χ1v) is 14.5. The van der Waals surface area contributed by atoms with Crippen molar-refractivity contribution in [2.45, 2.75) is 135 Å². The second-order valence-corrected chi connectivity index (χ2v) is 10.3. The second-order valence-electron chi connectivity index (χ2n) is 10.3. The maximum Gasteiger partial charge on any atom is 0.164 e. The van der Waals surface area contributed by atoms with Gasteiger partial charge in [-0.25, -0.2) is 0 Å². The molecular weight excluding hydrogens is 424 g/mol. The molecule has 4 heteroatoms. The Labute approximate surface area is 209 Å². The Morgan fingerprint density at radius 3 is 2.26 bits per heavy atom. The zero-order chi connectivity index (χ0) is 23.7. The molecule has 2 unspecified atom stereocenters. The number of unbranched alkanes of at least 4 members (excludes halogenated alkanes) is 4. The van der Waals surface area contributed by atoms with Gasteiger partial charge in [-0.1, -0.05) is 44.8 Å². The molecule has 1 saturated carbocycles. The Kier molecular flexibility index (Phi) is 14.3. The van der Waals surface area contributed by atoms with Crippen LogP contribution in [0.2, 0.25) is 0 Å². The van der Waals surface area contributed by atoms with Gasteiger partial charge in [0.25, 0.3) is 0 Å². The van der Waals surface area contributed by atoms with E-state index < -0.39 is 0 Å². The Morgan fingerprint density at radius 2 is 1.59 bits per heavy atom. The van der Waals surface area contributed by atoms with Crippen molar-refractivity contribution in [1.82, 2.24) is 0 Å². The molecule has 0 N–H and O–H groups in total. The zero-order valence-electron chi connectivity index (χ0n) is 21.8. The summed E-state index contributed by atoms with van der Waals surface area (Å²) >= 11 is 0. The van der Waals surface area contributed by atoms with E-state index in [4.69, 9.17) is 18.9 Å². The largest absolute Gasteiger partial charge is 0.353 e. The summed E-state index contributed by atoms with van der Waals surface area (Å²) in [6, 6.07) is 0. The van der Waals surface area contributed by atoms with E-state index in [2.05, 4.69) is 37.0 Å². The van der Waals surface area contributed by atoms with Gasteiger partial charge in [-0.15, -0.1) is 5.73 Å². The van der Waals surface area contributed by atoms with Gasteiger partial charge in [-0.3, -0.25) is 0 Å². The molecule has 4 nitrogen and oxygen atoms in total. The molecule has 3 fully saturated rings. The van der Waals surface area contributed by atoms with Crippen LogP contribution in [0.25, 0.3) is 0 Å². The van der Waals surface area contributed by atoms with Gasteiger partial charge < -0.3 is 18.9 Å². The maximum atomic E-state index is 6.17. The van der Waals surface area contributed by atoms with Gasteiger partial charge in [0.1, 0.15) is 0 Å². The molecular formula is C30H50O4. The molecule has 0 spiro atoms. The van der Waals surface area contributed by atoms with Crippen LogP contribution >= 0.6 is 0 Å². The van der Waals surface area contributed by atoms with Crippen LogP contribution in [0.15, 0.2) is 30.0 Å². The summed E-state index contributed by atoms with van der Waals surface area (Å²) in [5.41, 5.74) is 3.44. The molecule has 3 rings (SSSR count). The van der Waals surface area contributed by atoms with Crippen LogP contribution in [0, 0.1) is 11.8 Å². The fraction of sp³-hybridized carbons (Fsp3) is 0.833. The molecule has 1 aliphatic carbocycles. The van der Waals surface area contributed by atoms with E-state index in [1.165, 1.54) is 51.4 Å². The fourth-order valence-corrected chi connectivity index (χ4v) is 5.32. The van der Waals surface area contributed by atoms with Crippen LogP contribution in [0.1, 0.15) is 116 Å². The Bertz CT molecular complexity index is 577. The van der Waals surface area contributed by atoms with Crippen LogP contribution in [-0.2, 0) is 18.9 Å². The highest BCUT2D eigenvalue weighted by atomic mass is 16.8. The average molecular weight is 475 g/mol. The molecule has 0 aromatic heterocycles. The number of rotatable bonds is 15. The topological polar surface area (TPSA) is 36.9 Å². The molecule has 0 aromatic rings. The standard InChI is InChI=1S/C30H50O4/c1-2-3-4-5-6-9-17-26-19-16-20-27(26)18-10-7-8-11-23-30(33-28-21-12-14-24-31-28)34-29-22-13-15-25-32-29/h8-10,17,26-30H,2-6,11-16,18-25H2,1H3/t7?,26-,27-,28?,29?,30?/m0/s1. The zero-order valence-corrected chi connectivity index (χ0v) is 21.8. The Balaban J connectivity index is 1.37. The van der Waals surface area contributed by atoms with E-state index in [0.29, 0.717) is 0 Å². The van der Waals surface area contributed by atoms with Gasteiger partial charge in [0, 0.05) is 19.6 Å². The molecule has 0 amide bonds. The molecule has 2 saturated heterocycles. The molecule has 4 atom stereocenters. The summed E-state index contributed by atoms with van der Waals surface area (Å²) < 4.78 is 23.9. The SMILES string of the molecule is CCCCCCC=C[C@H]1CCC[C@@H]1CC=C=CCCC(OC1CCCCO1)OC1CCCCO1. The summed E-state index contributed by atoms with van der Waals surface area (Å²) in [6.45, 7) is 3.85. The summed E-state index contributed by atoms with van der Waals surface area (Å²) in [7, 11) is 0. The maximum absolute atomic E-state index is 6.17. The predicted molar refractivity (Wildman–Crippen MR) is 138 cm³/mol. The molecule has 34 heavy (non-hydrogen) atoms. The number of hydrogen-bond acceptors (Lipinski definition) is 4. The summed E-state index contributed by atoms with van der Waals surface area (Å²) in [5.74, 6) is 1.56. The minimum Gasteiger partial charge on any atom is -0.353 e. The van der Waals surface area contributed by atoms with Crippen molar-refractivity contribution < 1.29 is 18.9 Å². The molecule has 2 aliphatic heterocycles. The number of hydrogen-bond donors (Lipinski definition) is 0. The third-order valence-electron chi connectivity index (χ3n) is 7.41. The summed E-state index contributed by atoms with van der Waals surface area (Å²) in [6.07, 6.45) is 28.9. The first-order chi connectivity index (χ1) is 16.8. The Hall–Kier alpha value is -0.900. The lowest BCUT2D eigenvalue weighted by Gasteiger charge is -2.31. The lowest BCUT2D eigenvalue weighted by Crippen LogP contribution is -2.34. The van der Waals surface area contributed by atoms with E-state index in [1.807, 2.05) is 0 Å². The van der Waals surface area contributed by atoms with Crippen molar-refractivity contribution >= 4 is 0 Å². The van der Waals surface area contributed by atoms with Gasteiger partial charge in [-0.05, 0) is 101 Å². The summed E-state index contributed by atoms with van der Waals surface area (Å²) in [4.78, 5) is 0. The van der Waals surface area contributed by atoms with Crippen LogP contribution in [-0.4, -0.2) is 32.1 Å². The third kappa shape index (κ3) is 11.2. The van der Waals surface area contributed by atoms with Gasteiger partial charge in [-0.2, -0.15) is 0 Å². The smallest absolute Gasteiger partial charge is 0.164 e. The van der Waals surface area contributed by atoms with Gasteiger partial charge in [0.2, 0.25) is 0 Å². The predicted octanol–water partition coefficient (Wildman–Crippen LogP) is 8.22. The van der Waals surface area contributed by atoms with E-state index >= 15 is 0 Å². The first-order valence-electron chi connectivity index (χ1n) is 14.5. The third-order valence-corrected chi connectivity index (χ3v) is 7.41. The van der Waals surface area contributed by atoms with Crippen LogP contribution in [0.5, 0.6) is 0 Å². The monoisotopic (exact) mass is 474 g/mol. The average Bonchev–Trinajstić information content (AvgIpc) is 3.32. The van der Waals surface area contributed by atoms with Gasteiger partial charge in [0.15, 0.2) is 18.9 Å².